The van der Waals surface area contributed by atoms with E-state index in [1.54, 1.807) is 36.4 Å². The van der Waals surface area contributed by atoms with E-state index in [0.717, 1.165) is 24.1 Å². The molecule has 0 bridgehead atoms. The summed E-state index contributed by atoms with van der Waals surface area (Å²) in [6.45, 7) is 0. The predicted molar refractivity (Wildman–Crippen MR) is 116 cm³/mol. The van der Waals surface area contributed by atoms with E-state index >= 15 is 0 Å². The summed E-state index contributed by atoms with van der Waals surface area (Å²) in [5, 5.41) is 3.29. The van der Waals surface area contributed by atoms with E-state index in [-0.39, 0.29) is 23.7 Å². The van der Waals surface area contributed by atoms with Crippen molar-refractivity contribution >= 4 is 29.0 Å². The summed E-state index contributed by atoms with van der Waals surface area (Å²) in [6, 6.07) is 17.1. The Morgan fingerprint density at radius 1 is 0.968 bits per heavy atom. The smallest absolute Gasteiger partial charge is 0.255 e. The highest BCUT2D eigenvalue weighted by Crippen LogP contribution is 2.45. The molecule has 0 unspecified atom stereocenters. The van der Waals surface area contributed by atoms with Crippen LogP contribution in [0.1, 0.15) is 40.7 Å². The van der Waals surface area contributed by atoms with E-state index in [1.165, 1.54) is 6.07 Å². The Hall–Kier alpha value is -3.05. The summed E-state index contributed by atoms with van der Waals surface area (Å²) in [4.78, 5) is 25.5. The normalized spacial score (nSPS) is 14.5. The lowest BCUT2D eigenvalue weighted by molar-refractivity contribution is -0.127. The Morgan fingerprint density at radius 3 is 2.32 bits per heavy atom. The molecule has 1 saturated carbocycles. The molecule has 3 nitrogen and oxygen atoms in total. The van der Waals surface area contributed by atoms with Gasteiger partial charge in [-0.15, -0.1) is 0 Å². The molecule has 0 saturated heterocycles. The standard InChI is InChI=1S/C25H20ClF2NO2/c26-19-4-1-3-17(13-19)24(31)29-21-9-6-18(7-10-21)25(11-2-12-25)23(30)14-16-5-8-20(27)15-22(16)28/h1,3-10,13,15H,2,11-12,14H2,(H,29,31). The monoisotopic (exact) mass is 439 g/mol. The van der Waals surface area contributed by atoms with Crippen molar-refractivity contribution in [3.8, 4) is 0 Å². The van der Waals surface area contributed by atoms with Gasteiger partial charge in [0.05, 0.1) is 5.41 Å². The Morgan fingerprint density at radius 2 is 1.71 bits per heavy atom. The molecule has 3 aromatic rings. The molecule has 0 radical (unpaired) electrons. The maximum atomic E-state index is 14.0. The molecule has 1 N–H and O–H groups in total. The molecule has 1 amide bonds. The molecule has 1 aliphatic carbocycles. The molecule has 3 aromatic carbocycles. The summed E-state index contributed by atoms with van der Waals surface area (Å²) < 4.78 is 27.2. The summed E-state index contributed by atoms with van der Waals surface area (Å²) in [7, 11) is 0. The highest BCUT2D eigenvalue weighted by atomic mass is 35.5. The number of benzene rings is 3. The summed E-state index contributed by atoms with van der Waals surface area (Å²) in [6.07, 6.45) is 2.19. The van der Waals surface area contributed by atoms with Gasteiger partial charge in [-0.05, 0) is 60.4 Å². The SMILES string of the molecule is O=C(Nc1ccc(C2(C(=O)Cc3ccc(F)cc3F)CCC2)cc1)c1cccc(Cl)c1. The van der Waals surface area contributed by atoms with Gasteiger partial charge in [-0.1, -0.05) is 42.3 Å². The van der Waals surface area contributed by atoms with Crippen LogP contribution in [0.2, 0.25) is 5.02 Å². The average molecular weight is 440 g/mol. The molecule has 1 fully saturated rings. The Balaban J connectivity index is 1.50. The van der Waals surface area contributed by atoms with Crippen LogP contribution in [0.4, 0.5) is 14.5 Å². The lowest BCUT2D eigenvalue weighted by Crippen LogP contribution is -2.43. The van der Waals surface area contributed by atoms with E-state index < -0.39 is 17.0 Å². The van der Waals surface area contributed by atoms with Crippen LogP contribution >= 0.6 is 11.6 Å². The number of hydrogen-bond acceptors (Lipinski definition) is 2. The number of anilines is 1. The number of rotatable bonds is 6. The van der Waals surface area contributed by atoms with Gasteiger partial charge < -0.3 is 5.32 Å². The third-order valence-corrected chi connectivity index (χ3v) is 6.12. The van der Waals surface area contributed by atoms with Gasteiger partial charge in [0.25, 0.3) is 5.91 Å². The van der Waals surface area contributed by atoms with Gasteiger partial charge in [0, 0.05) is 28.8 Å². The lowest BCUT2D eigenvalue weighted by Gasteiger charge is -2.41. The zero-order chi connectivity index (χ0) is 22.0. The fourth-order valence-electron chi connectivity index (χ4n) is 3.97. The zero-order valence-corrected chi connectivity index (χ0v) is 17.4. The number of nitrogens with one attached hydrogen (secondary N) is 1. The predicted octanol–water partition coefficient (Wildman–Crippen LogP) is 6.10. The van der Waals surface area contributed by atoms with E-state index in [4.69, 9.17) is 11.6 Å². The van der Waals surface area contributed by atoms with E-state index in [0.29, 0.717) is 29.1 Å². The number of halogens is 3. The van der Waals surface area contributed by atoms with Crippen molar-refractivity contribution in [3.05, 3.63) is 100 Å². The van der Waals surface area contributed by atoms with E-state index in [1.807, 2.05) is 12.1 Å². The topological polar surface area (TPSA) is 46.2 Å². The van der Waals surface area contributed by atoms with Crippen LogP contribution in [-0.2, 0) is 16.6 Å². The van der Waals surface area contributed by atoms with Gasteiger partial charge in [0.2, 0.25) is 0 Å². The zero-order valence-electron chi connectivity index (χ0n) is 16.6. The van der Waals surface area contributed by atoms with Gasteiger partial charge in [0.15, 0.2) is 0 Å². The van der Waals surface area contributed by atoms with Crippen molar-refractivity contribution < 1.29 is 18.4 Å². The second-order valence-corrected chi connectivity index (χ2v) is 8.25. The van der Waals surface area contributed by atoms with Crippen molar-refractivity contribution in [2.45, 2.75) is 31.1 Å². The molecule has 0 aromatic heterocycles. The quantitative estimate of drug-likeness (QED) is 0.504. The molecule has 4 rings (SSSR count). The molecular formula is C25H20ClF2NO2. The van der Waals surface area contributed by atoms with Crippen LogP contribution in [0, 0.1) is 11.6 Å². The lowest BCUT2D eigenvalue weighted by atomic mass is 9.61. The maximum absolute atomic E-state index is 14.0. The Kier molecular flexibility index (Phi) is 5.88. The van der Waals surface area contributed by atoms with Crippen LogP contribution in [0.3, 0.4) is 0 Å². The number of hydrogen-bond donors (Lipinski definition) is 1. The van der Waals surface area contributed by atoms with Crippen LogP contribution < -0.4 is 5.32 Å². The summed E-state index contributed by atoms with van der Waals surface area (Å²) in [5.41, 5.74) is 1.41. The third kappa shape index (κ3) is 4.37. The fourth-order valence-corrected chi connectivity index (χ4v) is 4.16. The number of ketones is 1. The highest BCUT2D eigenvalue weighted by molar-refractivity contribution is 6.31. The van der Waals surface area contributed by atoms with Crippen molar-refractivity contribution in [2.75, 3.05) is 5.32 Å². The van der Waals surface area contributed by atoms with Crippen molar-refractivity contribution in [1.82, 2.24) is 0 Å². The largest absolute Gasteiger partial charge is 0.322 e. The molecular weight excluding hydrogens is 420 g/mol. The van der Waals surface area contributed by atoms with Gasteiger partial charge in [-0.25, -0.2) is 8.78 Å². The Labute approximate surface area is 184 Å². The van der Waals surface area contributed by atoms with E-state index in [2.05, 4.69) is 5.32 Å². The summed E-state index contributed by atoms with van der Waals surface area (Å²) in [5.74, 6) is -1.74. The minimum atomic E-state index is -0.707. The van der Waals surface area contributed by atoms with Gasteiger partial charge in [0.1, 0.15) is 17.4 Å². The number of Topliss-reactive ketones (excluding diaryl/α,β-unsaturated/α-hetero) is 1. The number of carbonyl (C=O) groups is 2. The molecule has 1 aliphatic rings. The van der Waals surface area contributed by atoms with Crippen LogP contribution in [-0.4, -0.2) is 11.7 Å². The molecule has 0 atom stereocenters. The Bertz CT molecular complexity index is 1140. The second kappa shape index (κ2) is 8.60. The van der Waals surface area contributed by atoms with Crippen LogP contribution in [0.25, 0.3) is 0 Å². The minimum absolute atomic E-state index is 0.0834. The second-order valence-electron chi connectivity index (χ2n) is 7.81. The van der Waals surface area contributed by atoms with Crippen molar-refractivity contribution in [2.24, 2.45) is 0 Å². The molecule has 31 heavy (non-hydrogen) atoms. The van der Waals surface area contributed by atoms with Crippen molar-refractivity contribution in [3.63, 3.8) is 0 Å². The minimum Gasteiger partial charge on any atom is -0.322 e. The first-order chi connectivity index (χ1) is 14.9. The van der Waals surface area contributed by atoms with Crippen LogP contribution in [0.15, 0.2) is 66.7 Å². The van der Waals surface area contributed by atoms with Crippen LogP contribution in [0.5, 0.6) is 0 Å². The highest BCUT2D eigenvalue weighted by Gasteiger charge is 2.45. The molecule has 0 heterocycles. The van der Waals surface area contributed by atoms with E-state index in [9.17, 15) is 18.4 Å². The number of amides is 1. The average Bonchev–Trinajstić information content (AvgIpc) is 2.70. The molecule has 0 aliphatic heterocycles. The van der Waals surface area contributed by atoms with Gasteiger partial charge in [-0.2, -0.15) is 0 Å². The maximum Gasteiger partial charge on any atom is 0.255 e. The number of carbonyl (C=O) groups excluding carboxylic acids is 2. The molecule has 0 spiro atoms. The molecule has 6 heteroatoms. The first kappa shape index (κ1) is 21.2. The fraction of sp³-hybridized carbons (Fsp3) is 0.200. The summed E-state index contributed by atoms with van der Waals surface area (Å²) >= 11 is 5.94. The van der Waals surface area contributed by atoms with Gasteiger partial charge >= 0.3 is 0 Å². The first-order valence-corrected chi connectivity index (χ1v) is 10.4. The van der Waals surface area contributed by atoms with Crippen molar-refractivity contribution in [1.29, 1.82) is 0 Å². The molecule has 158 valence electrons. The third-order valence-electron chi connectivity index (χ3n) is 5.89. The van der Waals surface area contributed by atoms with Gasteiger partial charge in [-0.3, -0.25) is 9.59 Å². The first-order valence-electron chi connectivity index (χ1n) is 10.0.